The Labute approximate surface area is 158 Å². The summed E-state index contributed by atoms with van der Waals surface area (Å²) in [7, 11) is 0. The van der Waals surface area contributed by atoms with Gasteiger partial charge < -0.3 is 10.3 Å². The largest absolute Gasteiger partial charge is 0.368 e. The van der Waals surface area contributed by atoms with E-state index < -0.39 is 4.92 Å². The molecule has 0 saturated heterocycles. The lowest BCUT2D eigenvalue weighted by Gasteiger charge is -2.06. The summed E-state index contributed by atoms with van der Waals surface area (Å²) in [5.74, 6) is 0.0651. The second kappa shape index (κ2) is 6.73. The number of nitrogen functional groups attached to an aromatic ring is 1. The Balaban J connectivity index is 1.77. The molecule has 0 amide bonds. The van der Waals surface area contributed by atoms with Gasteiger partial charge in [-0.25, -0.2) is 9.97 Å². The third-order valence-corrected chi connectivity index (χ3v) is 4.12. The molecule has 10 nitrogen and oxygen atoms in total. The van der Waals surface area contributed by atoms with Gasteiger partial charge in [0.15, 0.2) is 5.65 Å². The van der Waals surface area contributed by atoms with Gasteiger partial charge in [-0.15, -0.1) is 0 Å². The highest BCUT2D eigenvalue weighted by atomic mass is 16.6. The molecule has 136 valence electrons. The van der Waals surface area contributed by atoms with Gasteiger partial charge in [0.2, 0.25) is 5.95 Å². The molecule has 0 radical (unpaired) electrons. The quantitative estimate of drug-likeness (QED) is 0.423. The third kappa shape index (κ3) is 3.08. The fraction of sp³-hybridized carbons (Fsp3) is 0.0556. The number of rotatable bonds is 4. The molecule has 1 aromatic carbocycles. The maximum Gasteiger partial charge on any atom is 0.269 e. The number of hydrogen-bond donors (Lipinski definition) is 1. The van der Waals surface area contributed by atoms with Gasteiger partial charge in [0.05, 0.1) is 23.4 Å². The fourth-order valence-electron chi connectivity index (χ4n) is 2.83. The van der Waals surface area contributed by atoms with Crippen LogP contribution in [0.3, 0.4) is 0 Å². The van der Waals surface area contributed by atoms with Crippen LogP contribution in [0.1, 0.15) is 11.1 Å². The molecule has 3 heterocycles. The van der Waals surface area contributed by atoms with Crippen molar-refractivity contribution in [3.63, 3.8) is 0 Å². The summed E-state index contributed by atoms with van der Waals surface area (Å²) in [6.45, 7) is 0.404. The van der Waals surface area contributed by atoms with E-state index in [1.54, 1.807) is 35.3 Å². The summed E-state index contributed by atoms with van der Waals surface area (Å²) in [6, 6.07) is 9.94. The lowest BCUT2D eigenvalue weighted by atomic mass is 10.1. The zero-order chi connectivity index (χ0) is 19.7. The van der Waals surface area contributed by atoms with Gasteiger partial charge in [-0.05, 0) is 11.6 Å². The molecule has 0 aliphatic rings. The molecule has 10 heteroatoms. The molecule has 4 rings (SSSR count). The minimum absolute atomic E-state index is 0.0259. The molecular weight excluding hydrogens is 360 g/mol. The van der Waals surface area contributed by atoms with Crippen LogP contribution >= 0.6 is 0 Å². The molecule has 0 atom stereocenters. The topological polar surface area (TPSA) is 149 Å². The Morgan fingerprint density at radius 3 is 2.71 bits per heavy atom. The highest BCUT2D eigenvalue weighted by molar-refractivity contribution is 5.88. The number of nitriles is 1. The first-order valence-electron chi connectivity index (χ1n) is 8.12. The molecular formula is C18H12N8O2. The van der Waals surface area contributed by atoms with Gasteiger partial charge >= 0.3 is 0 Å². The average molecular weight is 372 g/mol. The van der Waals surface area contributed by atoms with Crippen molar-refractivity contribution in [2.75, 3.05) is 5.73 Å². The summed E-state index contributed by atoms with van der Waals surface area (Å²) >= 11 is 0. The van der Waals surface area contributed by atoms with E-state index in [2.05, 4.69) is 19.9 Å². The Bertz CT molecular complexity index is 1240. The van der Waals surface area contributed by atoms with Crippen molar-refractivity contribution >= 4 is 22.8 Å². The van der Waals surface area contributed by atoms with Crippen molar-refractivity contribution in [3.8, 4) is 17.3 Å². The van der Waals surface area contributed by atoms with Gasteiger partial charge in [-0.3, -0.25) is 15.1 Å². The van der Waals surface area contributed by atoms with Gasteiger partial charge in [-0.1, -0.05) is 12.1 Å². The van der Waals surface area contributed by atoms with E-state index in [0.29, 0.717) is 34.5 Å². The van der Waals surface area contributed by atoms with Crippen LogP contribution < -0.4 is 5.73 Å². The summed E-state index contributed by atoms with van der Waals surface area (Å²) in [5.41, 5.74) is 9.28. The first-order valence-corrected chi connectivity index (χ1v) is 8.12. The number of anilines is 1. The van der Waals surface area contributed by atoms with Crippen LogP contribution in [0.15, 0.2) is 49.1 Å². The number of imidazole rings is 1. The van der Waals surface area contributed by atoms with E-state index in [1.807, 2.05) is 6.07 Å². The monoisotopic (exact) mass is 372 g/mol. The number of aromatic nitrogens is 5. The number of nitrogens with zero attached hydrogens (tertiary/aromatic N) is 7. The molecule has 4 aromatic rings. The van der Waals surface area contributed by atoms with Crippen molar-refractivity contribution in [3.05, 3.63) is 70.3 Å². The van der Waals surface area contributed by atoms with Gasteiger partial charge in [0, 0.05) is 30.1 Å². The van der Waals surface area contributed by atoms with Crippen LogP contribution in [0.25, 0.3) is 22.4 Å². The predicted octanol–water partition coefficient (Wildman–Crippen LogP) is 2.30. The second-order valence-corrected chi connectivity index (χ2v) is 5.97. The Morgan fingerprint density at radius 1 is 1.21 bits per heavy atom. The number of fused-ring (bicyclic) bond motifs is 1. The van der Waals surface area contributed by atoms with Crippen LogP contribution in [0.4, 0.5) is 11.6 Å². The van der Waals surface area contributed by atoms with Crippen LogP contribution in [0.5, 0.6) is 0 Å². The number of nitrogens with two attached hydrogens (primary N) is 1. The normalized spacial score (nSPS) is 10.7. The Hall–Kier alpha value is -4.39. The Kier molecular flexibility index (Phi) is 4.10. The highest BCUT2D eigenvalue weighted by Gasteiger charge is 2.15. The van der Waals surface area contributed by atoms with Crippen molar-refractivity contribution in [1.82, 2.24) is 24.5 Å². The molecule has 0 aliphatic heterocycles. The Morgan fingerprint density at radius 2 is 2.00 bits per heavy atom. The second-order valence-electron chi connectivity index (χ2n) is 5.97. The minimum Gasteiger partial charge on any atom is -0.368 e. The van der Waals surface area contributed by atoms with Gasteiger partial charge in [0.1, 0.15) is 17.3 Å². The highest BCUT2D eigenvalue weighted by Crippen LogP contribution is 2.26. The van der Waals surface area contributed by atoms with Crippen LogP contribution in [-0.4, -0.2) is 29.4 Å². The smallest absolute Gasteiger partial charge is 0.269 e. The predicted molar refractivity (Wildman–Crippen MR) is 99.9 cm³/mol. The molecule has 0 aliphatic carbocycles. The summed E-state index contributed by atoms with van der Waals surface area (Å²) in [4.78, 5) is 27.3. The SMILES string of the molecule is N#Cc1cncc(-c2nc(N)nc3c2ncn3Cc2ccc([N+](=O)[O-])cc2)c1. The van der Waals surface area contributed by atoms with E-state index in [4.69, 9.17) is 11.0 Å². The molecule has 2 N–H and O–H groups in total. The number of hydrogen-bond acceptors (Lipinski definition) is 8. The fourth-order valence-corrected chi connectivity index (χ4v) is 2.83. The third-order valence-electron chi connectivity index (χ3n) is 4.12. The zero-order valence-corrected chi connectivity index (χ0v) is 14.4. The average Bonchev–Trinajstić information content (AvgIpc) is 3.10. The minimum atomic E-state index is -0.444. The summed E-state index contributed by atoms with van der Waals surface area (Å²) < 4.78 is 1.78. The number of nitro benzene ring substituents is 1. The van der Waals surface area contributed by atoms with Crippen molar-refractivity contribution in [1.29, 1.82) is 5.26 Å². The molecule has 0 bridgehead atoms. The zero-order valence-electron chi connectivity index (χ0n) is 14.4. The first-order chi connectivity index (χ1) is 13.5. The van der Waals surface area contributed by atoms with E-state index in [1.165, 1.54) is 18.3 Å². The van der Waals surface area contributed by atoms with Crippen LogP contribution in [0.2, 0.25) is 0 Å². The lowest BCUT2D eigenvalue weighted by Crippen LogP contribution is -2.03. The standard InChI is InChI=1S/C18H12N8O2/c19-6-12-5-13(8-21-7-12)15-16-17(24-18(20)23-15)25(10-22-16)9-11-1-3-14(4-2-11)26(27)28/h1-5,7-8,10H,9H2,(H2,20,23,24). The van der Waals surface area contributed by atoms with E-state index in [0.717, 1.165) is 5.56 Å². The molecule has 3 aromatic heterocycles. The number of pyridine rings is 1. The van der Waals surface area contributed by atoms with Crippen molar-refractivity contribution in [2.24, 2.45) is 0 Å². The number of benzene rings is 1. The molecule has 0 fully saturated rings. The maximum absolute atomic E-state index is 10.8. The molecule has 0 saturated carbocycles. The van der Waals surface area contributed by atoms with Crippen LogP contribution in [0, 0.1) is 21.4 Å². The van der Waals surface area contributed by atoms with Gasteiger partial charge in [0.25, 0.3) is 5.69 Å². The molecule has 28 heavy (non-hydrogen) atoms. The molecule has 0 spiro atoms. The van der Waals surface area contributed by atoms with E-state index in [-0.39, 0.29) is 11.6 Å². The van der Waals surface area contributed by atoms with E-state index >= 15 is 0 Å². The van der Waals surface area contributed by atoms with E-state index in [9.17, 15) is 10.1 Å². The number of nitro groups is 1. The number of non-ortho nitro benzene ring substituents is 1. The maximum atomic E-state index is 10.8. The van der Waals surface area contributed by atoms with Gasteiger partial charge in [-0.2, -0.15) is 10.2 Å². The summed E-state index contributed by atoms with van der Waals surface area (Å²) in [6.07, 6.45) is 4.64. The van der Waals surface area contributed by atoms with Crippen molar-refractivity contribution < 1.29 is 4.92 Å². The first kappa shape index (κ1) is 17.0. The lowest BCUT2D eigenvalue weighted by molar-refractivity contribution is -0.384. The molecule has 0 unspecified atom stereocenters. The summed E-state index contributed by atoms with van der Waals surface area (Å²) in [5, 5.41) is 19.9. The van der Waals surface area contributed by atoms with Crippen molar-refractivity contribution in [2.45, 2.75) is 6.54 Å². The van der Waals surface area contributed by atoms with Crippen LogP contribution in [-0.2, 0) is 6.54 Å².